The van der Waals surface area contributed by atoms with Crippen molar-refractivity contribution in [3.8, 4) is 5.75 Å². The molecule has 0 radical (unpaired) electrons. The van der Waals surface area contributed by atoms with E-state index in [0.717, 1.165) is 19.3 Å². The SMILES string of the molecule is COc1ccc(C(=O)C2=C(O)CCCC2=O)c(Cl)c1N=S1(=O)CCCCC1. The monoisotopic (exact) mass is 411 g/mol. The number of allylic oxidation sites excluding steroid dienone is 2. The van der Waals surface area contributed by atoms with E-state index in [-0.39, 0.29) is 40.4 Å². The molecular weight excluding hydrogens is 390 g/mol. The third-order valence-corrected chi connectivity index (χ3v) is 7.59. The number of nitrogens with zero attached hydrogens (tertiary/aromatic N) is 1. The van der Waals surface area contributed by atoms with Gasteiger partial charge in [-0.3, -0.25) is 9.59 Å². The van der Waals surface area contributed by atoms with Crippen molar-refractivity contribution in [1.29, 1.82) is 0 Å². The highest BCUT2D eigenvalue weighted by Crippen LogP contribution is 2.40. The molecule has 1 aromatic rings. The number of aliphatic hydroxyl groups is 1. The number of methoxy groups -OCH3 is 1. The van der Waals surface area contributed by atoms with Crippen molar-refractivity contribution in [3.05, 3.63) is 34.1 Å². The standard InChI is InChI=1S/C19H22ClNO5S/c1-26-15-9-8-12(19(24)16-13(22)6-5-7-14(16)23)17(20)18(15)21-27(25)10-3-2-4-11-27/h8-9,22H,2-7,10-11H2,1H3. The van der Waals surface area contributed by atoms with Gasteiger partial charge in [-0.05, 0) is 31.4 Å². The second-order valence-electron chi connectivity index (χ2n) is 6.74. The third-order valence-electron chi connectivity index (χ3n) is 4.84. The highest BCUT2D eigenvalue weighted by Gasteiger charge is 2.30. The molecule has 1 aromatic carbocycles. The van der Waals surface area contributed by atoms with Crippen molar-refractivity contribution in [3.63, 3.8) is 0 Å². The van der Waals surface area contributed by atoms with Gasteiger partial charge in [0, 0.05) is 29.9 Å². The molecule has 1 N–H and O–H groups in total. The number of benzene rings is 1. The lowest BCUT2D eigenvalue weighted by atomic mass is 9.90. The van der Waals surface area contributed by atoms with E-state index >= 15 is 0 Å². The number of ether oxygens (including phenoxy) is 1. The Morgan fingerprint density at radius 1 is 1.19 bits per heavy atom. The van der Waals surface area contributed by atoms with Gasteiger partial charge in [0.25, 0.3) is 0 Å². The summed E-state index contributed by atoms with van der Waals surface area (Å²) in [4.78, 5) is 25.0. The summed E-state index contributed by atoms with van der Waals surface area (Å²) in [5, 5.41) is 10.0. The van der Waals surface area contributed by atoms with Crippen molar-refractivity contribution in [2.24, 2.45) is 4.36 Å². The average Bonchev–Trinajstić information content (AvgIpc) is 2.63. The summed E-state index contributed by atoms with van der Waals surface area (Å²) in [5.74, 6) is 0.0366. The van der Waals surface area contributed by atoms with E-state index in [0.29, 0.717) is 23.7 Å². The highest BCUT2D eigenvalue weighted by molar-refractivity contribution is 7.93. The smallest absolute Gasteiger partial charge is 0.201 e. The van der Waals surface area contributed by atoms with Gasteiger partial charge in [0.05, 0.1) is 21.9 Å². The summed E-state index contributed by atoms with van der Waals surface area (Å²) in [6.45, 7) is 0. The zero-order valence-electron chi connectivity index (χ0n) is 15.1. The zero-order chi connectivity index (χ0) is 19.6. The highest BCUT2D eigenvalue weighted by atomic mass is 35.5. The lowest BCUT2D eigenvalue weighted by Gasteiger charge is -2.18. The number of aliphatic hydroxyl groups excluding tert-OH is 1. The van der Waals surface area contributed by atoms with Crippen LogP contribution in [0, 0.1) is 0 Å². The Hall–Kier alpha value is -1.86. The van der Waals surface area contributed by atoms with E-state index in [9.17, 15) is 18.9 Å². The molecule has 6 nitrogen and oxygen atoms in total. The fourth-order valence-electron chi connectivity index (χ4n) is 3.38. The Morgan fingerprint density at radius 2 is 1.89 bits per heavy atom. The van der Waals surface area contributed by atoms with Crippen molar-refractivity contribution in [1.82, 2.24) is 0 Å². The van der Waals surface area contributed by atoms with E-state index in [1.807, 2.05) is 0 Å². The van der Waals surface area contributed by atoms with Crippen LogP contribution in [0.4, 0.5) is 5.69 Å². The molecule has 0 aromatic heterocycles. The van der Waals surface area contributed by atoms with Gasteiger partial charge in [0.1, 0.15) is 22.8 Å². The number of Topliss-reactive ketones (excluding diaryl/α,β-unsaturated/α-hetero) is 2. The molecule has 1 aliphatic heterocycles. The van der Waals surface area contributed by atoms with Crippen LogP contribution < -0.4 is 4.74 Å². The molecule has 0 spiro atoms. The normalized spacial score (nSPS) is 19.7. The molecule has 1 aliphatic carbocycles. The van der Waals surface area contributed by atoms with Crippen molar-refractivity contribution < 1.29 is 23.6 Å². The predicted molar refractivity (Wildman–Crippen MR) is 105 cm³/mol. The maximum Gasteiger partial charge on any atom is 0.201 e. The number of hydrogen-bond donors (Lipinski definition) is 1. The molecular formula is C19H22ClNO5S. The fourth-order valence-corrected chi connectivity index (χ4v) is 5.93. The minimum atomic E-state index is -2.47. The first kappa shape index (κ1) is 19.9. The van der Waals surface area contributed by atoms with Crippen LogP contribution in [0.1, 0.15) is 48.9 Å². The van der Waals surface area contributed by atoms with Gasteiger partial charge in [-0.1, -0.05) is 18.0 Å². The minimum absolute atomic E-state index is 0.00804. The second kappa shape index (κ2) is 8.02. The number of carbonyl (C=O) groups is 2. The van der Waals surface area contributed by atoms with Crippen LogP contribution in [0.2, 0.25) is 5.02 Å². The predicted octanol–water partition coefficient (Wildman–Crippen LogP) is 4.38. The van der Waals surface area contributed by atoms with Gasteiger partial charge in [0.2, 0.25) is 5.78 Å². The van der Waals surface area contributed by atoms with Crippen molar-refractivity contribution in [2.45, 2.75) is 38.5 Å². The number of halogens is 1. The largest absolute Gasteiger partial charge is 0.511 e. The first-order chi connectivity index (χ1) is 12.9. The van der Waals surface area contributed by atoms with Crippen LogP contribution in [-0.4, -0.2) is 39.5 Å². The summed E-state index contributed by atoms with van der Waals surface area (Å²) in [5.41, 5.74) is -0.00629. The molecule has 1 saturated heterocycles. The number of hydrogen-bond acceptors (Lipinski definition) is 6. The first-order valence-corrected chi connectivity index (χ1v) is 11.2. The van der Waals surface area contributed by atoms with E-state index < -0.39 is 21.3 Å². The molecule has 27 heavy (non-hydrogen) atoms. The average molecular weight is 412 g/mol. The molecule has 0 bridgehead atoms. The first-order valence-electron chi connectivity index (χ1n) is 8.95. The van der Waals surface area contributed by atoms with Gasteiger partial charge >= 0.3 is 0 Å². The van der Waals surface area contributed by atoms with Crippen LogP contribution in [0.25, 0.3) is 0 Å². The molecule has 1 heterocycles. The van der Waals surface area contributed by atoms with Gasteiger partial charge in [0.15, 0.2) is 5.78 Å². The number of ketones is 2. The quantitative estimate of drug-likeness (QED) is 0.586. The van der Waals surface area contributed by atoms with Crippen LogP contribution in [-0.2, 0) is 14.5 Å². The van der Waals surface area contributed by atoms with Crippen LogP contribution in [0.3, 0.4) is 0 Å². The minimum Gasteiger partial charge on any atom is -0.511 e. The third kappa shape index (κ3) is 4.04. The van der Waals surface area contributed by atoms with Gasteiger partial charge in [-0.2, -0.15) is 4.36 Å². The molecule has 0 atom stereocenters. The Kier molecular flexibility index (Phi) is 5.91. The molecule has 0 saturated carbocycles. The number of rotatable bonds is 4. The summed E-state index contributed by atoms with van der Waals surface area (Å²) in [7, 11) is -1.02. The lowest BCUT2D eigenvalue weighted by Crippen LogP contribution is -2.20. The molecule has 0 unspecified atom stereocenters. The van der Waals surface area contributed by atoms with Crippen molar-refractivity contribution >= 4 is 38.6 Å². The van der Waals surface area contributed by atoms with E-state index in [4.69, 9.17) is 16.3 Å². The van der Waals surface area contributed by atoms with Gasteiger partial charge in [-0.15, -0.1) is 0 Å². The van der Waals surface area contributed by atoms with E-state index in [2.05, 4.69) is 4.36 Å². The van der Waals surface area contributed by atoms with E-state index in [1.54, 1.807) is 0 Å². The molecule has 8 heteroatoms. The Balaban J connectivity index is 2.11. The Labute approximate surface area is 163 Å². The molecule has 2 aliphatic rings. The van der Waals surface area contributed by atoms with Gasteiger partial charge < -0.3 is 9.84 Å². The molecule has 3 rings (SSSR count). The van der Waals surface area contributed by atoms with Crippen molar-refractivity contribution in [2.75, 3.05) is 18.6 Å². The summed E-state index contributed by atoms with van der Waals surface area (Å²) >= 11 is 6.45. The topological polar surface area (TPSA) is 93.0 Å². The van der Waals surface area contributed by atoms with Crippen LogP contribution in [0.5, 0.6) is 5.75 Å². The fraction of sp³-hybridized carbons (Fsp3) is 0.474. The summed E-state index contributed by atoms with van der Waals surface area (Å²) in [6.07, 6.45) is 3.69. The lowest BCUT2D eigenvalue weighted by molar-refractivity contribution is -0.116. The molecule has 0 amide bonds. The Morgan fingerprint density at radius 3 is 2.52 bits per heavy atom. The maximum absolute atomic E-state index is 13.0. The zero-order valence-corrected chi connectivity index (χ0v) is 16.7. The van der Waals surface area contributed by atoms with Gasteiger partial charge in [-0.25, -0.2) is 4.21 Å². The van der Waals surface area contributed by atoms with Crippen LogP contribution >= 0.6 is 11.6 Å². The summed E-state index contributed by atoms with van der Waals surface area (Å²) in [6, 6.07) is 2.97. The maximum atomic E-state index is 13.0. The number of carbonyl (C=O) groups excluding carboxylic acids is 2. The Bertz CT molecular complexity index is 932. The van der Waals surface area contributed by atoms with Crippen LogP contribution in [0.15, 0.2) is 27.8 Å². The summed E-state index contributed by atoms with van der Waals surface area (Å²) < 4.78 is 22.7. The molecule has 146 valence electrons. The van der Waals surface area contributed by atoms with E-state index in [1.165, 1.54) is 19.2 Å². The second-order valence-corrected chi connectivity index (χ2v) is 9.66. The molecule has 1 fully saturated rings.